The van der Waals surface area contributed by atoms with Gasteiger partial charge in [0.05, 0.1) is 12.0 Å². The lowest BCUT2D eigenvalue weighted by molar-refractivity contribution is -0.126. The van der Waals surface area contributed by atoms with Crippen LogP contribution >= 0.6 is 11.6 Å². The van der Waals surface area contributed by atoms with Gasteiger partial charge in [-0.25, -0.2) is 0 Å². The van der Waals surface area contributed by atoms with Crippen molar-refractivity contribution in [3.8, 4) is 0 Å². The number of likely N-dealkylation sites (tertiary alicyclic amines) is 1. The van der Waals surface area contributed by atoms with Gasteiger partial charge in [-0.3, -0.25) is 9.69 Å². The number of rotatable bonds is 8. The largest absolute Gasteiger partial charge is 0.379 e. The highest BCUT2D eigenvalue weighted by atomic mass is 35.5. The number of piperidine rings is 1. The van der Waals surface area contributed by atoms with Crippen molar-refractivity contribution in [3.63, 3.8) is 0 Å². The van der Waals surface area contributed by atoms with Gasteiger partial charge in [-0.2, -0.15) is 0 Å². The summed E-state index contributed by atoms with van der Waals surface area (Å²) in [6, 6.07) is 7.95. The maximum Gasteiger partial charge on any atom is 0.224 e. The van der Waals surface area contributed by atoms with E-state index in [2.05, 4.69) is 16.3 Å². The van der Waals surface area contributed by atoms with Crippen molar-refractivity contribution in [1.29, 1.82) is 0 Å². The summed E-state index contributed by atoms with van der Waals surface area (Å²) in [5, 5.41) is 3.82. The Morgan fingerprint density at radius 2 is 2.29 bits per heavy atom. The minimum Gasteiger partial charge on any atom is -0.379 e. The molecule has 1 heterocycles. The molecule has 1 N–H and O–H groups in total. The van der Waals surface area contributed by atoms with Gasteiger partial charge < -0.3 is 10.1 Å². The molecule has 1 aliphatic rings. The average Bonchev–Trinajstić information content (AvgIpc) is 2.54. The second kappa shape index (κ2) is 10.0. The van der Waals surface area contributed by atoms with Gasteiger partial charge in [-0.1, -0.05) is 23.7 Å². The van der Waals surface area contributed by atoms with Crippen LogP contribution in [0.1, 0.15) is 38.7 Å². The van der Waals surface area contributed by atoms with Crippen LogP contribution in [0, 0.1) is 5.92 Å². The molecule has 2 rings (SSSR count). The third-order valence-electron chi connectivity index (χ3n) is 4.24. The maximum atomic E-state index is 12.3. The van der Waals surface area contributed by atoms with Gasteiger partial charge in [0.15, 0.2) is 0 Å². The van der Waals surface area contributed by atoms with E-state index >= 15 is 0 Å². The van der Waals surface area contributed by atoms with E-state index in [0.29, 0.717) is 13.2 Å². The second-order valence-corrected chi connectivity index (χ2v) is 7.20. The molecule has 1 unspecified atom stereocenters. The zero-order valence-corrected chi connectivity index (χ0v) is 15.5. The van der Waals surface area contributed by atoms with E-state index in [1.54, 1.807) is 0 Å². The van der Waals surface area contributed by atoms with Crippen LogP contribution < -0.4 is 5.32 Å². The molecular formula is C19H29ClN2O2. The molecule has 1 fully saturated rings. The van der Waals surface area contributed by atoms with Crippen molar-refractivity contribution in [3.05, 3.63) is 34.9 Å². The first-order chi connectivity index (χ1) is 11.5. The highest BCUT2D eigenvalue weighted by molar-refractivity contribution is 6.30. The number of hydrogen-bond donors (Lipinski definition) is 1. The zero-order valence-electron chi connectivity index (χ0n) is 14.8. The van der Waals surface area contributed by atoms with Crippen molar-refractivity contribution in [2.45, 2.75) is 45.8 Å². The molecular weight excluding hydrogens is 324 g/mol. The normalized spacial score (nSPS) is 18.8. The summed E-state index contributed by atoms with van der Waals surface area (Å²) in [7, 11) is 0. The molecule has 1 saturated heterocycles. The van der Waals surface area contributed by atoms with E-state index in [1.165, 1.54) is 5.56 Å². The predicted molar refractivity (Wildman–Crippen MR) is 98.2 cm³/mol. The van der Waals surface area contributed by atoms with E-state index < -0.39 is 0 Å². The fraction of sp³-hybridized carbons (Fsp3) is 0.632. The molecule has 0 aliphatic carbocycles. The number of halogens is 1. The van der Waals surface area contributed by atoms with Crippen LogP contribution in [-0.2, 0) is 16.1 Å². The fourth-order valence-corrected chi connectivity index (χ4v) is 3.27. The van der Waals surface area contributed by atoms with Crippen LogP contribution in [0.15, 0.2) is 24.3 Å². The SMILES string of the molecule is CC(C)OCCCNC(=O)C1CCCN(Cc2cccc(Cl)c2)C1. The van der Waals surface area contributed by atoms with Gasteiger partial charge in [-0.05, 0) is 57.4 Å². The molecule has 1 aromatic carbocycles. The third-order valence-corrected chi connectivity index (χ3v) is 4.48. The highest BCUT2D eigenvalue weighted by Crippen LogP contribution is 2.20. The Morgan fingerprint density at radius 3 is 3.04 bits per heavy atom. The number of nitrogens with zero attached hydrogens (tertiary/aromatic N) is 1. The number of nitrogens with one attached hydrogen (secondary N) is 1. The van der Waals surface area contributed by atoms with Crippen molar-refractivity contribution in [2.24, 2.45) is 5.92 Å². The number of benzene rings is 1. The molecule has 0 spiro atoms. The molecule has 1 aliphatic heterocycles. The molecule has 24 heavy (non-hydrogen) atoms. The van der Waals surface area contributed by atoms with Gasteiger partial charge in [0.25, 0.3) is 0 Å². The lowest BCUT2D eigenvalue weighted by Gasteiger charge is -2.32. The molecule has 1 amide bonds. The van der Waals surface area contributed by atoms with Crippen molar-refractivity contribution < 1.29 is 9.53 Å². The molecule has 0 bridgehead atoms. The number of carbonyl (C=O) groups excluding carboxylic acids is 1. The molecule has 134 valence electrons. The summed E-state index contributed by atoms with van der Waals surface area (Å²) < 4.78 is 5.49. The van der Waals surface area contributed by atoms with E-state index in [4.69, 9.17) is 16.3 Å². The topological polar surface area (TPSA) is 41.6 Å². The monoisotopic (exact) mass is 352 g/mol. The van der Waals surface area contributed by atoms with Crippen LogP contribution in [0.4, 0.5) is 0 Å². The molecule has 0 radical (unpaired) electrons. The summed E-state index contributed by atoms with van der Waals surface area (Å²) in [5.41, 5.74) is 1.20. The van der Waals surface area contributed by atoms with E-state index in [-0.39, 0.29) is 17.9 Å². The first-order valence-electron chi connectivity index (χ1n) is 8.90. The minimum absolute atomic E-state index is 0.0870. The predicted octanol–water partition coefficient (Wildman–Crippen LogP) is 3.48. The smallest absolute Gasteiger partial charge is 0.224 e. The first kappa shape index (κ1) is 19.2. The summed E-state index contributed by atoms with van der Waals surface area (Å²) >= 11 is 6.05. The summed E-state index contributed by atoms with van der Waals surface area (Å²) in [6.45, 7) is 8.15. The summed E-state index contributed by atoms with van der Waals surface area (Å²) in [4.78, 5) is 14.7. The Kier molecular flexibility index (Phi) is 8.03. The second-order valence-electron chi connectivity index (χ2n) is 6.77. The van der Waals surface area contributed by atoms with Gasteiger partial charge in [-0.15, -0.1) is 0 Å². The Labute approximate surface area is 150 Å². The zero-order chi connectivity index (χ0) is 17.4. The Bertz CT molecular complexity index is 522. The van der Waals surface area contributed by atoms with Gasteiger partial charge >= 0.3 is 0 Å². The van der Waals surface area contributed by atoms with E-state index in [0.717, 1.165) is 43.9 Å². The van der Waals surface area contributed by atoms with Crippen LogP contribution in [0.5, 0.6) is 0 Å². The summed E-state index contributed by atoms with van der Waals surface area (Å²) in [6.07, 6.45) is 3.15. The van der Waals surface area contributed by atoms with Crippen molar-refractivity contribution in [1.82, 2.24) is 10.2 Å². The molecule has 1 aromatic rings. The van der Waals surface area contributed by atoms with E-state index in [1.807, 2.05) is 32.0 Å². The Hall–Kier alpha value is -1.10. The summed E-state index contributed by atoms with van der Waals surface area (Å²) in [5.74, 6) is 0.263. The van der Waals surface area contributed by atoms with Crippen LogP contribution in [0.3, 0.4) is 0 Å². The van der Waals surface area contributed by atoms with Gasteiger partial charge in [0.2, 0.25) is 5.91 Å². The molecule has 4 nitrogen and oxygen atoms in total. The Morgan fingerprint density at radius 1 is 1.46 bits per heavy atom. The molecule has 0 saturated carbocycles. The van der Waals surface area contributed by atoms with Crippen molar-refractivity contribution in [2.75, 3.05) is 26.2 Å². The van der Waals surface area contributed by atoms with Gasteiger partial charge in [0, 0.05) is 31.3 Å². The molecule has 0 aromatic heterocycles. The highest BCUT2D eigenvalue weighted by Gasteiger charge is 2.25. The number of amides is 1. The fourth-order valence-electron chi connectivity index (χ4n) is 3.05. The average molecular weight is 353 g/mol. The van der Waals surface area contributed by atoms with E-state index in [9.17, 15) is 4.79 Å². The van der Waals surface area contributed by atoms with Crippen LogP contribution in [0.25, 0.3) is 0 Å². The quantitative estimate of drug-likeness (QED) is 0.728. The maximum absolute atomic E-state index is 12.3. The van der Waals surface area contributed by atoms with Gasteiger partial charge in [0.1, 0.15) is 0 Å². The van der Waals surface area contributed by atoms with Crippen LogP contribution in [0.2, 0.25) is 5.02 Å². The minimum atomic E-state index is 0.0870. The number of ether oxygens (including phenoxy) is 1. The third kappa shape index (κ3) is 6.80. The van der Waals surface area contributed by atoms with Crippen molar-refractivity contribution >= 4 is 17.5 Å². The number of hydrogen-bond acceptors (Lipinski definition) is 3. The first-order valence-corrected chi connectivity index (χ1v) is 9.28. The number of carbonyl (C=O) groups is 1. The molecule has 1 atom stereocenters. The standard InChI is InChI=1S/C19H29ClN2O2/c1-15(2)24-11-5-9-21-19(23)17-7-4-10-22(14-17)13-16-6-3-8-18(20)12-16/h3,6,8,12,15,17H,4-5,7,9-11,13-14H2,1-2H3,(H,21,23). The lowest BCUT2D eigenvalue weighted by atomic mass is 9.96. The van der Waals surface area contributed by atoms with Crippen LogP contribution in [-0.4, -0.2) is 43.2 Å². The Balaban J connectivity index is 1.72. The lowest BCUT2D eigenvalue weighted by Crippen LogP contribution is -2.43. The molecule has 5 heteroatoms.